The Balaban J connectivity index is 1.39. The van der Waals surface area contributed by atoms with Crippen molar-refractivity contribution in [1.29, 1.82) is 0 Å². The highest BCUT2D eigenvalue weighted by Crippen LogP contribution is 2.59. The molecule has 6 rings (SSSR count). The Morgan fingerprint density at radius 1 is 1.20 bits per heavy atom. The number of ether oxygens (including phenoxy) is 1. The van der Waals surface area contributed by atoms with Crippen LogP contribution in [0.2, 0.25) is 18.6 Å². The van der Waals surface area contributed by atoms with Gasteiger partial charge in [-0.1, -0.05) is 25.1 Å². The second-order valence-corrected chi connectivity index (χ2v) is 15.9. The molecule has 2 N–H and O–H groups in total. The Bertz CT molecular complexity index is 1380. The summed E-state index contributed by atoms with van der Waals surface area (Å²) in [6.45, 7) is 5.50. The summed E-state index contributed by atoms with van der Waals surface area (Å²) in [7, 11) is -3.42. The fraction of sp³-hybridized carbons (Fsp3) is 0.500. The fourth-order valence-corrected chi connectivity index (χ4v) is 10.0. The van der Waals surface area contributed by atoms with E-state index in [1.54, 1.807) is 29.0 Å². The van der Waals surface area contributed by atoms with Crippen molar-refractivity contribution in [2.24, 2.45) is 5.92 Å². The number of carbonyl (C=O) groups excluding carboxylic acids is 3. The smallest absolute Gasteiger partial charge is 0.261 e. The molecule has 0 aromatic heterocycles. The molecule has 5 atom stereocenters. The second kappa shape index (κ2) is 9.78. The largest absolute Gasteiger partial charge is 0.394 e. The van der Waals surface area contributed by atoms with Gasteiger partial charge in [-0.3, -0.25) is 19.3 Å². The van der Waals surface area contributed by atoms with Gasteiger partial charge < -0.3 is 24.2 Å². The average Bonchev–Trinajstić information content (AvgIpc) is 3.59. The number of anilines is 3. The number of benzene rings is 2. The van der Waals surface area contributed by atoms with Crippen LogP contribution in [-0.2, 0) is 31.1 Å². The lowest BCUT2D eigenvalue weighted by atomic mass is 9.82. The van der Waals surface area contributed by atoms with Crippen molar-refractivity contribution in [3.05, 3.63) is 53.6 Å². The molecule has 8 nitrogen and oxygen atoms in total. The van der Waals surface area contributed by atoms with Gasteiger partial charge in [0.25, 0.3) is 5.91 Å². The molecule has 0 bridgehead atoms. The molecular weight excluding hydrogens is 529 g/mol. The van der Waals surface area contributed by atoms with Crippen molar-refractivity contribution in [2.45, 2.75) is 75.4 Å². The Labute approximate surface area is 234 Å². The van der Waals surface area contributed by atoms with Crippen LogP contribution in [0.3, 0.4) is 0 Å². The van der Waals surface area contributed by atoms with E-state index in [2.05, 4.69) is 5.32 Å². The first-order chi connectivity index (χ1) is 19.1. The van der Waals surface area contributed by atoms with Crippen LogP contribution in [0.5, 0.6) is 0 Å². The van der Waals surface area contributed by atoms with Gasteiger partial charge in [-0.15, -0.1) is 0 Å². The maximum absolute atomic E-state index is 16.0. The summed E-state index contributed by atoms with van der Waals surface area (Å²) in [5.41, 5.74) is 1.57. The highest BCUT2D eigenvalue weighted by molar-refractivity contribution is 6.72. The molecule has 4 heterocycles. The SMILES string of the molecule is C[C@@H]1[C@@H]([Si](C)(C)F)[C@H](CC(=O)N2CCC[C@H]2CO)O[C@@]12C(=O)Nc1ccc(N3C(=O)CCc4ccccc43)cc12. The molecule has 40 heavy (non-hydrogen) atoms. The first-order valence-corrected chi connectivity index (χ1v) is 17.2. The normalized spacial score (nSPS) is 29.6. The quantitative estimate of drug-likeness (QED) is 0.414. The number of hydrogen-bond donors (Lipinski definition) is 2. The van der Waals surface area contributed by atoms with E-state index in [1.165, 1.54) is 0 Å². The predicted molar refractivity (Wildman–Crippen MR) is 151 cm³/mol. The van der Waals surface area contributed by atoms with Crippen molar-refractivity contribution in [1.82, 2.24) is 4.90 Å². The number of carbonyl (C=O) groups is 3. The maximum atomic E-state index is 16.0. The van der Waals surface area contributed by atoms with E-state index in [1.807, 2.05) is 43.3 Å². The number of likely N-dealkylation sites (tertiary alicyclic amines) is 1. The van der Waals surface area contributed by atoms with Crippen LogP contribution in [0.15, 0.2) is 42.5 Å². The number of amides is 3. The summed E-state index contributed by atoms with van der Waals surface area (Å²) in [6.07, 6.45) is 1.76. The van der Waals surface area contributed by atoms with Gasteiger partial charge in [-0.2, -0.15) is 0 Å². The number of aliphatic hydroxyl groups is 1. The Hall–Kier alpha value is -3.08. The molecule has 2 saturated heterocycles. The summed E-state index contributed by atoms with van der Waals surface area (Å²) in [4.78, 5) is 43.6. The summed E-state index contributed by atoms with van der Waals surface area (Å²) in [6, 6.07) is 13.0. The highest BCUT2D eigenvalue weighted by Gasteiger charge is 2.65. The summed E-state index contributed by atoms with van der Waals surface area (Å²) in [5.74, 6) is -1.12. The van der Waals surface area contributed by atoms with Crippen LogP contribution in [0.25, 0.3) is 0 Å². The number of aliphatic hydroxyl groups excluding tert-OH is 1. The Morgan fingerprint density at radius 2 is 1.98 bits per heavy atom. The number of nitrogens with zero attached hydrogens (tertiary/aromatic N) is 2. The number of nitrogens with one attached hydrogen (secondary N) is 1. The van der Waals surface area contributed by atoms with Crippen molar-refractivity contribution < 1.29 is 28.3 Å². The zero-order valence-corrected chi connectivity index (χ0v) is 24.2. The van der Waals surface area contributed by atoms with Gasteiger partial charge in [0.1, 0.15) is 0 Å². The fourth-order valence-electron chi connectivity index (χ4n) is 7.55. The molecule has 1 spiro atoms. The Kier molecular flexibility index (Phi) is 6.63. The molecule has 0 unspecified atom stereocenters. The number of para-hydroxylation sites is 1. The number of halogens is 1. The van der Waals surface area contributed by atoms with Gasteiger partial charge in [0.05, 0.1) is 30.9 Å². The van der Waals surface area contributed by atoms with Gasteiger partial charge in [0.2, 0.25) is 20.2 Å². The van der Waals surface area contributed by atoms with Gasteiger partial charge >= 0.3 is 0 Å². The summed E-state index contributed by atoms with van der Waals surface area (Å²) < 4.78 is 22.6. The topological polar surface area (TPSA) is 99.2 Å². The lowest BCUT2D eigenvalue weighted by Crippen LogP contribution is -2.42. The van der Waals surface area contributed by atoms with Crippen molar-refractivity contribution in [2.75, 3.05) is 23.4 Å². The summed E-state index contributed by atoms with van der Waals surface area (Å²) >= 11 is 0. The maximum Gasteiger partial charge on any atom is 0.261 e. The molecule has 2 aromatic carbocycles. The Morgan fingerprint density at radius 3 is 2.73 bits per heavy atom. The molecule has 10 heteroatoms. The van der Waals surface area contributed by atoms with E-state index in [-0.39, 0.29) is 36.8 Å². The van der Waals surface area contributed by atoms with Crippen LogP contribution in [0.4, 0.5) is 21.2 Å². The van der Waals surface area contributed by atoms with E-state index < -0.39 is 31.6 Å². The van der Waals surface area contributed by atoms with Crippen LogP contribution >= 0.6 is 0 Å². The first kappa shape index (κ1) is 27.1. The van der Waals surface area contributed by atoms with Crippen molar-refractivity contribution >= 4 is 43.2 Å². The molecule has 4 aliphatic rings. The molecule has 2 aromatic rings. The zero-order valence-electron chi connectivity index (χ0n) is 23.2. The predicted octanol–water partition coefficient (Wildman–Crippen LogP) is 4.40. The molecule has 0 aliphatic carbocycles. The van der Waals surface area contributed by atoms with Crippen LogP contribution in [0, 0.1) is 5.92 Å². The molecule has 4 aliphatic heterocycles. The van der Waals surface area contributed by atoms with Gasteiger partial charge in [-0.05, 0) is 62.2 Å². The van der Waals surface area contributed by atoms with E-state index >= 15 is 4.11 Å². The summed E-state index contributed by atoms with van der Waals surface area (Å²) in [5, 5.41) is 12.7. The molecule has 0 saturated carbocycles. The van der Waals surface area contributed by atoms with E-state index in [4.69, 9.17) is 4.74 Å². The third-order valence-corrected chi connectivity index (χ3v) is 11.8. The molecule has 0 radical (unpaired) electrons. The number of hydrogen-bond acceptors (Lipinski definition) is 5. The molecule has 2 fully saturated rings. The molecular formula is C30H36FN3O5Si. The van der Waals surface area contributed by atoms with Gasteiger partial charge in [0.15, 0.2) is 5.60 Å². The number of fused-ring (bicyclic) bond motifs is 3. The third kappa shape index (κ3) is 4.11. The van der Waals surface area contributed by atoms with E-state index in [0.717, 1.165) is 24.1 Å². The minimum atomic E-state index is -3.42. The second-order valence-electron chi connectivity index (χ2n) is 12.1. The van der Waals surface area contributed by atoms with Crippen LogP contribution in [-0.4, -0.2) is 61.4 Å². The lowest BCUT2D eigenvalue weighted by Gasteiger charge is -2.32. The zero-order chi connectivity index (χ0) is 28.4. The van der Waals surface area contributed by atoms with E-state index in [9.17, 15) is 19.5 Å². The van der Waals surface area contributed by atoms with Crippen LogP contribution in [0.1, 0.15) is 43.7 Å². The standard InChI is InChI=1S/C30H36FN3O5Si/c1-18-28(40(2,3)31)25(16-27(37)33-14-6-8-21(33)17-35)39-30(18)22-15-20(11-12-23(22)32-29(30)38)34-24-9-5-4-7-19(24)10-13-26(34)36/h4-5,7,9,11-12,15,18,21,25,28,35H,6,8,10,13-14,16-17H2,1-3H3,(H,32,38)/t18-,21+,25+,28-,30+/m1/s1. The van der Waals surface area contributed by atoms with Crippen molar-refractivity contribution in [3.8, 4) is 0 Å². The highest BCUT2D eigenvalue weighted by atomic mass is 28.4. The van der Waals surface area contributed by atoms with E-state index in [0.29, 0.717) is 36.3 Å². The molecule has 212 valence electrons. The monoisotopic (exact) mass is 565 g/mol. The number of aryl methyl sites for hydroxylation is 1. The average molecular weight is 566 g/mol. The lowest BCUT2D eigenvalue weighted by molar-refractivity contribution is -0.148. The third-order valence-electron chi connectivity index (χ3n) is 9.33. The van der Waals surface area contributed by atoms with Gasteiger partial charge in [0, 0.05) is 41.4 Å². The van der Waals surface area contributed by atoms with Crippen molar-refractivity contribution in [3.63, 3.8) is 0 Å². The molecule has 3 amide bonds. The minimum Gasteiger partial charge on any atom is -0.394 e. The van der Waals surface area contributed by atoms with Crippen LogP contribution < -0.4 is 10.2 Å². The first-order valence-electron chi connectivity index (χ1n) is 14.2. The number of rotatable bonds is 5. The van der Waals surface area contributed by atoms with Gasteiger partial charge in [-0.25, -0.2) is 0 Å². The minimum absolute atomic E-state index is 0.0342.